The quantitative estimate of drug-likeness (QED) is 0.153. The van der Waals surface area contributed by atoms with Crippen molar-refractivity contribution in [2.45, 2.75) is 44.5 Å². The van der Waals surface area contributed by atoms with Gasteiger partial charge in [0.15, 0.2) is 5.78 Å². The van der Waals surface area contributed by atoms with Gasteiger partial charge in [0.2, 0.25) is 0 Å². The number of hydrogen-bond donors (Lipinski definition) is 0. The van der Waals surface area contributed by atoms with Crippen LogP contribution < -0.4 is 19.8 Å². The third-order valence-corrected chi connectivity index (χ3v) is 10.1. The van der Waals surface area contributed by atoms with Crippen LogP contribution in [0.15, 0.2) is 66.0 Å². The normalized spacial score (nSPS) is 17.7. The molecule has 8 rings (SSSR count). The fourth-order valence-corrected chi connectivity index (χ4v) is 7.36. The molecule has 2 fully saturated rings. The number of hydrogen-bond acceptors (Lipinski definition) is 12. The van der Waals surface area contributed by atoms with Crippen molar-refractivity contribution < 1.29 is 33.4 Å². The molecule has 0 N–H and O–H groups in total. The minimum atomic E-state index is -0.912. The Hall–Kier alpha value is -6.22. The number of likely N-dealkylation sites (tertiary alicyclic amines) is 1. The van der Waals surface area contributed by atoms with E-state index in [-0.39, 0.29) is 47.8 Å². The summed E-state index contributed by atoms with van der Waals surface area (Å²) in [4.78, 5) is 70.4. The lowest BCUT2D eigenvalue weighted by Crippen LogP contribution is -2.53. The number of nitrogens with zero attached hydrogens (tertiary/aromatic N) is 7. The van der Waals surface area contributed by atoms with Crippen molar-refractivity contribution in [2.24, 2.45) is 7.05 Å². The van der Waals surface area contributed by atoms with Crippen LogP contribution in [0.5, 0.6) is 17.2 Å². The zero-order valence-electron chi connectivity index (χ0n) is 29.3. The average Bonchev–Trinajstić information content (AvgIpc) is 3.69. The first-order valence-electron chi connectivity index (χ1n) is 17.1. The number of carbonyl (C=O) groups is 4. The number of pyridine rings is 2. The second kappa shape index (κ2) is 13.4. The third kappa shape index (κ3) is 6.12. The Bertz CT molecular complexity index is 2370. The summed E-state index contributed by atoms with van der Waals surface area (Å²) in [5.74, 6) is 0.0228. The van der Waals surface area contributed by atoms with E-state index in [0.717, 1.165) is 32.7 Å². The SMILES string of the molecule is COc1cc(-c2cn(C)c(=O)c3cnccc23)cc(OC)c1Cn1cc(CN2CC(Oc3ccc4c(c3)C(=O)N(C3CCC(=O)CC3=O)C4=O)C2)nn1. The van der Waals surface area contributed by atoms with Crippen molar-refractivity contribution >= 4 is 34.2 Å². The average molecular weight is 718 g/mol. The standard InChI is InChI=1S/C38H35N7O8/c1-42-19-30(26-8-9-39-14-29(26)36(42)48)21-10-34(51-2)31(35(11-21)52-3)20-44-16-22(40-41-44)15-43-17-25(18-43)53-24-5-6-27-28(13-24)38(50)45(37(27)49)32-7-4-23(46)12-33(32)47/h5-6,8-11,13-14,16,19,25,32H,4,7,12,15,17-18,20H2,1-3H3. The van der Waals surface area contributed by atoms with Crippen molar-refractivity contribution in [2.75, 3.05) is 27.3 Å². The number of imide groups is 1. The number of amides is 2. The summed E-state index contributed by atoms with van der Waals surface area (Å²) in [6.07, 6.45) is 6.84. The van der Waals surface area contributed by atoms with E-state index in [0.29, 0.717) is 48.8 Å². The van der Waals surface area contributed by atoms with Gasteiger partial charge in [0.1, 0.15) is 29.1 Å². The van der Waals surface area contributed by atoms with E-state index in [9.17, 15) is 24.0 Å². The molecule has 1 saturated carbocycles. The number of fused-ring (bicyclic) bond motifs is 2. The number of aromatic nitrogens is 5. The second-order valence-electron chi connectivity index (χ2n) is 13.5. The van der Waals surface area contributed by atoms with Gasteiger partial charge < -0.3 is 18.8 Å². The molecule has 1 unspecified atom stereocenters. The molecule has 5 aromatic rings. The van der Waals surface area contributed by atoms with Gasteiger partial charge in [0.25, 0.3) is 17.4 Å². The summed E-state index contributed by atoms with van der Waals surface area (Å²) < 4.78 is 21.0. The lowest BCUT2D eigenvalue weighted by molar-refractivity contribution is -0.132. The van der Waals surface area contributed by atoms with E-state index in [1.165, 1.54) is 4.57 Å². The number of aryl methyl sites for hydroxylation is 1. The highest BCUT2D eigenvalue weighted by Crippen LogP contribution is 2.38. The molecule has 1 atom stereocenters. The smallest absolute Gasteiger partial charge is 0.262 e. The van der Waals surface area contributed by atoms with E-state index >= 15 is 0 Å². The number of methoxy groups -OCH3 is 2. The highest BCUT2D eigenvalue weighted by Gasteiger charge is 2.44. The van der Waals surface area contributed by atoms with Gasteiger partial charge in [-0.3, -0.25) is 38.8 Å². The number of ketones is 2. The molecule has 1 aliphatic carbocycles. The van der Waals surface area contributed by atoms with E-state index < -0.39 is 23.6 Å². The molecule has 15 nitrogen and oxygen atoms in total. The van der Waals surface area contributed by atoms with Gasteiger partial charge >= 0.3 is 0 Å². The van der Waals surface area contributed by atoms with Gasteiger partial charge in [0.05, 0.1) is 67.2 Å². The topological polar surface area (TPSA) is 168 Å². The van der Waals surface area contributed by atoms with Crippen molar-refractivity contribution in [3.05, 3.63) is 93.9 Å². The molecule has 5 heterocycles. The molecule has 0 spiro atoms. The van der Waals surface area contributed by atoms with E-state index in [1.54, 1.807) is 62.7 Å². The van der Waals surface area contributed by atoms with Gasteiger partial charge in [0, 0.05) is 57.3 Å². The van der Waals surface area contributed by atoms with E-state index in [4.69, 9.17) is 14.2 Å². The molecular weight excluding hydrogens is 682 g/mol. The van der Waals surface area contributed by atoms with E-state index in [2.05, 4.69) is 20.2 Å². The largest absolute Gasteiger partial charge is 0.496 e. The van der Waals surface area contributed by atoms with Gasteiger partial charge in [-0.15, -0.1) is 5.10 Å². The Morgan fingerprint density at radius 1 is 0.849 bits per heavy atom. The maximum absolute atomic E-state index is 13.2. The zero-order chi connectivity index (χ0) is 37.0. The molecule has 0 bridgehead atoms. The Balaban J connectivity index is 0.908. The number of benzene rings is 2. The minimum absolute atomic E-state index is 0.130. The highest BCUT2D eigenvalue weighted by atomic mass is 16.5. The lowest BCUT2D eigenvalue weighted by Gasteiger charge is -2.38. The van der Waals surface area contributed by atoms with Crippen LogP contribution in [0.3, 0.4) is 0 Å². The van der Waals surface area contributed by atoms with Crippen LogP contribution in [0.25, 0.3) is 21.9 Å². The fourth-order valence-electron chi connectivity index (χ4n) is 7.36. The van der Waals surface area contributed by atoms with Crippen LogP contribution in [-0.4, -0.2) is 97.2 Å². The van der Waals surface area contributed by atoms with Crippen LogP contribution in [0, 0.1) is 0 Å². The van der Waals surface area contributed by atoms with Gasteiger partial charge in [-0.1, -0.05) is 5.21 Å². The Kier molecular flexibility index (Phi) is 8.57. The minimum Gasteiger partial charge on any atom is -0.496 e. The van der Waals surface area contributed by atoms with Crippen LogP contribution in [0.2, 0.25) is 0 Å². The predicted molar refractivity (Wildman–Crippen MR) is 189 cm³/mol. The molecular formula is C38H35N7O8. The van der Waals surface area contributed by atoms with Gasteiger partial charge in [-0.25, -0.2) is 4.68 Å². The number of rotatable bonds is 10. The fraction of sp³-hybridized carbons (Fsp3) is 0.316. The van der Waals surface area contributed by atoms with Crippen molar-refractivity contribution in [3.8, 4) is 28.4 Å². The maximum Gasteiger partial charge on any atom is 0.262 e. The van der Waals surface area contributed by atoms with Crippen LogP contribution >= 0.6 is 0 Å². The number of Topliss-reactive ketones (excluding diaryl/α,β-unsaturated/α-hetero) is 2. The first kappa shape index (κ1) is 33.9. The van der Waals surface area contributed by atoms with Crippen LogP contribution in [0.1, 0.15) is 51.2 Å². The molecule has 2 amide bonds. The van der Waals surface area contributed by atoms with Crippen molar-refractivity contribution in [1.29, 1.82) is 0 Å². The monoisotopic (exact) mass is 717 g/mol. The van der Waals surface area contributed by atoms with E-state index in [1.807, 2.05) is 24.4 Å². The Morgan fingerprint density at radius 3 is 2.34 bits per heavy atom. The van der Waals surface area contributed by atoms with Gasteiger partial charge in [-0.05, 0) is 53.8 Å². The Labute approximate surface area is 302 Å². The molecule has 53 heavy (non-hydrogen) atoms. The molecule has 3 aromatic heterocycles. The summed E-state index contributed by atoms with van der Waals surface area (Å²) >= 11 is 0. The second-order valence-corrected chi connectivity index (χ2v) is 13.5. The molecule has 0 radical (unpaired) electrons. The highest BCUT2D eigenvalue weighted by molar-refractivity contribution is 6.23. The summed E-state index contributed by atoms with van der Waals surface area (Å²) in [5, 5.41) is 10.0. The zero-order valence-corrected chi connectivity index (χ0v) is 29.3. The molecule has 2 aliphatic heterocycles. The summed E-state index contributed by atoms with van der Waals surface area (Å²) in [5.41, 5.74) is 3.50. The molecule has 2 aromatic carbocycles. The molecule has 270 valence electrons. The first-order chi connectivity index (χ1) is 25.6. The number of ether oxygens (including phenoxy) is 3. The van der Waals surface area contributed by atoms with Crippen LogP contribution in [-0.2, 0) is 29.7 Å². The molecule has 15 heteroatoms. The Morgan fingerprint density at radius 2 is 1.60 bits per heavy atom. The summed E-state index contributed by atoms with van der Waals surface area (Å²) in [6, 6.07) is 9.51. The van der Waals surface area contributed by atoms with Crippen molar-refractivity contribution in [3.63, 3.8) is 0 Å². The van der Waals surface area contributed by atoms with Crippen LogP contribution in [0.4, 0.5) is 0 Å². The third-order valence-electron chi connectivity index (χ3n) is 10.1. The number of carbonyl (C=O) groups excluding carboxylic acids is 4. The maximum atomic E-state index is 13.2. The predicted octanol–water partition coefficient (Wildman–Crippen LogP) is 2.81. The lowest BCUT2D eigenvalue weighted by atomic mass is 9.92. The van der Waals surface area contributed by atoms with Gasteiger partial charge in [-0.2, -0.15) is 0 Å². The first-order valence-corrected chi connectivity index (χ1v) is 17.1. The molecule has 3 aliphatic rings. The molecule has 1 saturated heterocycles. The van der Waals surface area contributed by atoms with Crippen molar-refractivity contribution in [1.82, 2.24) is 34.3 Å². The summed E-state index contributed by atoms with van der Waals surface area (Å²) in [6.45, 7) is 2.12. The summed E-state index contributed by atoms with van der Waals surface area (Å²) in [7, 11) is 4.90.